The van der Waals surface area contributed by atoms with E-state index < -0.39 is 0 Å². The van der Waals surface area contributed by atoms with Gasteiger partial charge in [-0.25, -0.2) is 9.97 Å². The van der Waals surface area contributed by atoms with Gasteiger partial charge in [0, 0.05) is 23.9 Å². The minimum atomic E-state index is 0.576. The van der Waals surface area contributed by atoms with Crippen molar-refractivity contribution >= 4 is 11.0 Å². The largest absolute Gasteiger partial charge is 0.361 e. The van der Waals surface area contributed by atoms with E-state index in [-0.39, 0.29) is 0 Å². The lowest BCUT2D eigenvalue weighted by molar-refractivity contribution is 0.393. The topological polar surface area (TPSA) is 72.5 Å². The van der Waals surface area contributed by atoms with E-state index in [2.05, 4.69) is 31.8 Å². The van der Waals surface area contributed by atoms with Gasteiger partial charge in [0.15, 0.2) is 0 Å². The van der Waals surface area contributed by atoms with Gasteiger partial charge in [-0.3, -0.25) is 0 Å². The second kappa shape index (κ2) is 6.68. The van der Waals surface area contributed by atoms with Crippen molar-refractivity contribution in [1.82, 2.24) is 24.7 Å². The number of fused-ring (bicyclic) bond motifs is 1. The van der Waals surface area contributed by atoms with Crippen LogP contribution in [0.3, 0.4) is 0 Å². The Morgan fingerprint density at radius 2 is 1.93 bits per heavy atom. The summed E-state index contributed by atoms with van der Waals surface area (Å²) in [7, 11) is 0. The van der Waals surface area contributed by atoms with Gasteiger partial charge in [-0.2, -0.15) is 0 Å². The van der Waals surface area contributed by atoms with Gasteiger partial charge in [0.25, 0.3) is 0 Å². The first-order chi connectivity index (χ1) is 13.1. The Hall–Kier alpha value is -2.89. The Morgan fingerprint density at radius 3 is 2.52 bits per heavy atom. The summed E-state index contributed by atoms with van der Waals surface area (Å²) in [4.78, 5) is 12.8. The number of imidazole rings is 2. The van der Waals surface area contributed by atoms with E-state index in [1.165, 1.54) is 12.8 Å². The van der Waals surface area contributed by atoms with E-state index in [1.54, 1.807) is 0 Å². The first-order valence-corrected chi connectivity index (χ1v) is 9.59. The van der Waals surface area contributed by atoms with Crippen LogP contribution in [0.1, 0.15) is 55.7 Å². The zero-order valence-corrected chi connectivity index (χ0v) is 16.5. The number of hydrogen-bond donors (Lipinski definition) is 1. The third-order valence-electron chi connectivity index (χ3n) is 4.96. The number of H-pyrrole nitrogens is 1. The van der Waals surface area contributed by atoms with Gasteiger partial charge in [-0.15, -0.1) is 0 Å². The molecule has 6 nitrogen and oxygen atoms in total. The molecule has 1 aromatic carbocycles. The van der Waals surface area contributed by atoms with Gasteiger partial charge >= 0.3 is 0 Å². The van der Waals surface area contributed by atoms with Crippen molar-refractivity contribution in [2.75, 3.05) is 0 Å². The average molecular weight is 363 g/mol. The molecule has 0 bridgehead atoms. The number of rotatable bonds is 3. The molecule has 3 aromatic heterocycles. The minimum absolute atomic E-state index is 0.576. The number of nitrogens with zero attached hydrogens (tertiary/aromatic N) is 4. The summed E-state index contributed by atoms with van der Waals surface area (Å²) in [5.41, 5.74) is 6.08. The molecule has 1 aliphatic carbocycles. The number of aromatic nitrogens is 5. The Balaban J connectivity index is 0.000000872. The van der Waals surface area contributed by atoms with Crippen LogP contribution in [0.25, 0.3) is 27.8 Å². The fourth-order valence-electron chi connectivity index (χ4n) is 3.52. The van der Waals surface area contributed by atoms with Crippen LogP contribution in [0.15, 0.2) is 29.0 Å². The first kappa shape index (κ1) is 17.5. The van der Waals surface area contributed by atoms with Gasteiger partial charge < -0.3 is 14.1 Å². The molecule has 1 N–H and O–H groups in total. The molecular formula is C21H25N5O. The van der Waals surface area contributed by atoms with E-state index >= 15 is 0 Å². The van der Waals surface area contributed by atoms with Crippen LogP contribution < -0.4 is 0 Å². The molecule has 3 heterocycles. The summed E-state index contributed by atoms with van der Waals surface area (Å²) in [5, 5.41) is 4.11. The Morgan fingerprint density at radius 1 is 1.15 bits per heavy atom. The van der Waals surface area contributed by atoms with Crippen LogP contribution in [-0.2, 0) is 0 Å². The van der Waals surface area contributed by atoms with Crippen molar-refractivity contribution in [3.63, 3.8) is 0 Å². The predicted molar refractivity (Wildman–Crippen MR) is 106 cm³/mol. The molecule has 5 rings (SSSR count). The van der Waals surface area contributed by atoms with Crippen LogP contribution in [-0.4, -0.2) is 24.7 Å². The summed E-state index contributed by atoms with van der Waals surface area (Å²) in [6, 6.07) is 4.30. The fraction of sp³-hybridized carbons (Fsp3) is 0.381. The maximum absolute atomic E-state index is 5.37. The molecule has 6 heteroatoms. The molecule has 1 aliphatic rings. The fourth-order valence-corrected chi connectivity index (χ4v) is 3.52. The molecule has 0 radical (unpaired) electrons. The second-order valence-electron chi connectivity index (χ2n) is 6.83. The molecule has 0 spiro atoms. The van der Waals surface area contributed by atoms with Crippen molar-refractivity contribution in [2.24, 2.45) is 0 Å². The number of hydrogen-bond acceptors (Lipinski definition) is 4. The standard InChI is InChI=1S/C19H19N5O.C2H6/c1-10-17(11(2)25-23-10)14-8-15-18(22-19(21-15)13-4-5-13)16(9-14)24-7-6-20-12(24)3;1-2/h6-9,13H,4-5H2,1-3H3,(H,21,22);1-2H3. The van der Waals surface area contributed by atoms with Crippen molar-refractivity contribution in [2.45, 2.75) is 53.4 Å². The van der Waals surface area contributed by atoms with Crippen molar-refractivity contribution in [3.05, 3.63) is 47.6 Å². The van der Waals surface area contributed by atoms with Crippen LogP contribution in [0.2, 0.25) is 0 Å². The van der Waals surface area contributed by atoms with Gasteiger partial charge in [0.2, 0.25) is 0 Å². The van der Waals surface area contributed by atoms with Gasteiger partial charge in [0.1, 0.15) is 22.9 Å². The summed E-state index contributed by atoms with van der Waals surface area (Å²) < 4.78 is 7.46. The number of nitrogens with one attached hydrogen (secondary N) is 1. The van der Waals surface area contributed by atoms with E-state index in [1.807, 2.05) is 47.0 Å². The summed E-state index contributed by atoms with van der Waals surface area (Å²) in [6.07, 6.45) is 6.23. The lowest BCUT2D eigenvalue weighted by Gasteiger charge is -2.09. The molecule has 1 fully saturated rings. The highest BCUT2D eigenvalue weighted by Gasteiger charge is 2.28. The van der Waals surface area contributed by atoms with Crippen LogP contribution >= 0.6 is 0 Å². The molecule has 27 heavy (non-hydrogen) atoms. The summed E-state index contributed by atoms with van der Waals surface area (Å²) in [5.74, 6) is 3.43. The zero-order valence-electron chi connectivity index (χ0n) is 16.5. The Bertz CT molecular complexity index is 1080. The van der Waals surface area contributed by atoms with E-state index in [4.69, 9.17) is 9.51 Å². The Kier molecular flexibility index (Phi) is 4.34. The molecule has 1 saturated carbocycles. The minimum Gasteiger partial charge on any atom is -0.361 e. The van der Waals surface area contributed by atoms with Gasteiger partial charge in [-0.1, -0.05) is 19.0 Å². The molecule has 0 aliphatic heterocycles. The third kappa shape index (κ3) is 2.95. The lowest BCUT2D eigenvalue weighted by Crippen LogP contribution is -1.98. The molecule has 140 valence electrons. The van der Waals surface area contributed by atoms with Crippen molar-refractivity contribution in [3.8, 4) is 16.8 Å². The van der Waals surface area contributed by atoms with Crippen LogP contribution in [0, 0.1) is 20.8 Å². The molecular weight excluding hydrogens is 338 g/mol. The van der Waals surface area contributed by atoms with E-state index in [0.717, 1.165) is 51.0 Å². The highest BCUT2D eigenvalue weighted by molar-refractivity contribution is 5.90. The average Bonchev–Trinajstić information content (AvgIpc) is 3.15. The SMILES string of the molecule is CC.Cc1noc(C)c1-c1cc(-n2ccnc2C)c2nc(C3CC3)[nH]c2c1. The quantitative estimate of drug-likeness (QED) is 0.541. The zero-order chi connectivity index (χ0) is 19.1. The number of benzene rings is 1. The summed E-state index contributed by atoms with van der Waals surface area (Å²) >= 11 is 0. The van der Waals surface area contributed by atoms with E-state index in [9.17, 15) is 0 Å². The maximum Gasteiger partial charge on any atom is 0.141 e. The van der Waals surface area contributed by atoms with Crippen LogP contribution in [0.4, 0.5) is 0 Å². The molecule has 0 unspecified atom stereocenters. The number of aromatic amines is 1. The maximum atomic E-state index is 5.37. The van der Waals surface area contributed by atoms with Gasteiger partial charge in [-0.05, 0) is 51.3 Å². The van der Waals surface area contributed by atoms with Crippen molar-refractivity contribution in [1.29, 1.82) is 0 Å². The normalized spacial score (nSPS) is 13.7. The second-order valence-corrected chi connectivity index (χ2v) is 6.83. The molecule has 0 atom stereocenters. The highest BCUT2D eigenvalue weighted by atomic mass is 16.5. The monoisotopic (exact) mass is 363 g/mol. The van der Waals surface area contributed by atoms with Crippen molar-refractivity contribution < 1.29 is 4.52 Å². The number of aryl methyl sites for hydroxylation is 3. The Labute approximate surface area is 158 Å². The molecule has 0 amide bonds. The highest BCUT2D eigenvalue weighted by Crippen LogP contribution is 2.40. The van der Waals surface area contributed by atoms with E-state index in [0.29, 0.717) is 5.92 Å². The summed E-state index contributed by atoms with van der Waals surface area (Å²) in [6.45, 7) is 9.92. The lowest BCUT2D eigenvalue weighted by atomic mass is 10.0. The van der Waals surface area contributed by atoms with Gasteiger partial charge in [0.05, 0.1) is 16.9 Å². The molecule has 4 aromatic rings. The predicted octanol–water partition coefficient (Wildman–Crippen LogP) is 5.23. The van der Waals surface area contributed by atoms with Crippen LogP contribution in [0.5, 0.6) is 0 Å². The third-order valence-corrected chi connectivity index (χ3v) is 4.96. The first-order valence-electron chi connectivity index (χ1n) is 9.59. The smallest absolute Gasteiger partial charge is 0.141 e. The molecule has 0 saturated heterocycles.